The quantitative estimate of drug-likeness (QED) is 0.782. The van der Waals surface area contributed by atoms with Crippen molar-refractivity contribution in [2.24, 2.45) is 0 Å². The second kappa shape index (κ2) is 6.80. The van der Waals surface area contributed by atoms with E-state index in [1.165, 1.54) is 26.2 Å². The number of carboxylic acid groups (broad SMARTS) is 1. The molecular weight excluding hydrogens is 278 g/mol. The first-order chi connectivity index (χ1) is 9.51. The summed E-state index contributed by atoms with van der Waals surface area (Å²) in [5.74, 6) is -0.483. The lowest BCUT2D eigenvalue weighted by molar-refractivity contribution is -0.141. The zero-order chi connectivity index (χ0) is 14.6. The van der Waals surface area contributed by atoms with E-state index in [9.17, 15) is 9.59 Å². The van der Waals surface area contributed by atoms with Gasteiger partial charge in [0.1, 0.15) is 6.04 Å². The van der Waals surface area contributed by atoms with Gasteiger partial charge < -0.3 is 15.2 Å². The van der Waals surface area contributed by atoms with Crippen molar-refractivity contribution >= 4 is 23.6 Å². The Bertz CT molecular complexity index is 370. The fourth-order valence-corrected chi connectivity index (χ4v) is 4.29. The molecule has 1 spiro atoms. The molecule has 20 heavy (non-hydrogen) atoms. The van der Waals surface area contributed by atoms with E-state index < -0.39 is 12.0 Å². The molecule has 0 aromatic carbocycles. The van der Waals surface area contributed by atoms with Gasteiger partial charge in [-0.1, -0.05) is 0 Å². The molecule has 2 fully saturated rings. The van der Waals surface area contributed by atoms with Crippen LogP contribution in [0, 0.1) is 0 Å². The molecule has 114 valence electrons. The van der Waals surface area contributed by atoms with Crippen molar-refractivity contribution in [3.8, 4) is 0 Å². The van der Waals surface area contributed by atoms with Crippen molar-refractivity contribution in [3.05, 3.63) is 0 Å². The van der Waals surface area contributed by atoms with Crippen LogP contribution in [0.5, 0.6) is 0 Å². The minimum Gasteiger partial charge on any atom is -0.480 e. The number of amides is 1. The molecule has 0 aromatic heterocycles. The van der Waals surface area contributed by atoms with E-state index >= 15 is 0 Å². The lowest BCUT2D eigenvalue weighted by Gasteiger charge is -2.47. The highest BCUT2D eigenvalue weighted by molar-refractivity contribution is 7.99. The number of carbonyl (C=O) groups excluding carboxylic acids is 1. The first kappa shape index (κ1) is 15.6. The molecule has 1 amide bonds. The van der Waals surface area contributed by atoms with Crippen LogP contribution in [0.25, 0.3) is 0 Å². The van der Waals surface area contributed by atoms with Crippen LogP contribution in [-0.4, -0.2) is 46.2 Å². The highest BCUT2D eigenvalue weighted by Gasteiger charge is 2.42. The summed E-state index contributed by atoms with van der Waals surface area (Å²) in [6.45, 7) is 2.17. The number of nitrogens with one attached hydrogen (secondary N) is 1. The number of ether oxygens (including phenoxy) is 1. The summed E-state index contributed by atoms with van der Waals surface area (Å²) in [7, 11) is 0. The van der Waals surface area contributed by atoms with Gasteiger partial charge in [-0.15, -0.1) is 0 Å². The van der Waals surface area contributed by atoms with Gasteiger partial charge in [0.25, 0.3) is 0 Å². The predicted octanol–water partition coefficient (Wildman–Crippen LogP) is 1.80. The van der Waals surface area contributed by atoms with Gasteiger partial charge in [0, 0.05) is 18.8 Å². The zero-order valence-corrected chi connectivity index (χ0v) is 12.7. The molecule has 2 N–H and O–H groups in total. The van der Waals surface area contributed by atoms with E-state index in [1.807, 2.05) is 11.8 Å². The molecule has 2 unspecified atom stereocenters. The minimum atomic E-state index is -0.955. The van der Waals surface area contributed by atoms with Gasteiger partial charge in [0.2, 0.25) is 5.91 Å². The van der Waals surface area contributed by atoms with Gasteiger partial charge in [-0.05, 0) is 44.3 Å². The Labute approximate surface area is 123 Å². The number of hydrogen-bond donors (Lipinski definition) is 2. The van der Waals surface area contributed by atoms with Crippen molar-refractivity contribution in [3.63, 3.8) is 0 Å². The summed E-state index contributed by atoms with van der Waals surface area (Å²) < 4.78 is 5.89. The summed E-state index contributed by atoms with van der Waals surface area (Å²) >= 11 is 1.83. The number of thioether (sulfide) groups is 1. The molecule has 6 heteroatoms. The summed E-state index contributed by atoms with van der Waals surface area (Å²) in [6, 6.07) is -0.766. The Morgan fingerprint density at radius 3 is 2.80 bits per heavy atom. The third-order valence-corrected chi connectivity index (χ3v) is 5.49. The van der Waals surface area contributed by atoms with Crippen LogP contribution >= 0.6 is 11.8 Å². The number of carbonyl (C=O) groups is 2. The van der Waals surface area contributed by atoms with E-state index in [0.717, 1.165) is 25.2 Å². The first-order valence-electron chi connectivity index (χ1n) is 7.26. The highest BCUT2D eigenvalue weighted by Crippen LogP contribution is 2.45. The monoisotopic (exact) mass is 301 g/mol. The van der Waals surface area contributed by atoms with E-state index in [4.69, 9.17) is 9.84 Å². The van der Waals surface area contributed by atoms with E-state index in [0.29, 0.717) is 11.7 Å². The van der Waals surface area contributed by atoms with Crippen LogP contribution in [0.2, 0.25) is 0 Å². The minimum absolute atomic E-state index is 0.139. The fraction of sp³-hybridized carbons (Fsp3) is 0.857. The number of aliphatic carboxylic acids is 1. The SMILES string of the molecule is CC(=O)NC(CCSC1CCOC2(CCC2)C1)C(=O)O. The molecule has 0 aromatic rings. The molecule has 5 nitrogen and oxygen atoms in total. The predicted molar refractivity (Wildman–Crippen MR) is 77.9 cm³/mol. The molecular formula is C14H23NO4S. The summed E-state index contributed by atoms with van der Waals surface area (Å²) in [5.41, 5.74) is 0.139. The molecule has 1 aliphatic carbocycles. The van der Waals surface area contributed by atoms with Crippen LogP contribution in [0.1, 0.15) is 45.4 Å². The zero-order valence-electron chi connectivity index (χ0n) is 11.9. The Balaban J connectivity index is 1.71. The van der Waals surface area contributed by atoms with E-state index in [1.54, 1.807) is 0 Å². The molecule has 1 saturated heterocycles. The molecule has 1 aliphatic heterocycles. The maximum absolute atomic E-state index is 11.0. The lowest BCUT2D eigenvalue weighted by atomic mass is 9.75. The number of carboxylic acids is 1. The third kappa shape index (κ3) is 4.12. The molecule has 1 heterocycles. The molecule has 2 aliphatic rings. The number of hydrogen-bond acceptors (Lipinski definition) is 4. The Morgan fingerprint density at radius 1 is 1.50 bits per heavy atom. The van der Waals surface area contributed by atoms with E-state index in [2.05, 4.69) is 5.32 Å². The second-order valence-electron chi connectivity index (χ2n) is 5.75. The molecule has 0 bridgehead atoms. The summed E-state index contributed by atoms with van der Waals surface area (Å²) in [6.07, 6.45) is 6.23. The summed E-state index contributed by atoms with van der Waals surface area (Å²) in [5, 5.41) is 12.1. The second-order valence-corrected chi connectivity index (χ2v) is 7.16. The maximum atomic E-state index is 11.0. The van der Waals surface area contributed by atoms with Gasteiger partial charge in [0.15, 0.2) is 0 Å². The molecule has 1 saturated carbocycles. The van der Waals surface area contributed by atoms with Crippen LogP contribution in [-0.2, 0) is 14.3 Å². The van der Waals surface area contributed by atoms with Crippen LogP contribution < -0.4 is 5.32 Å². The van der Waals surface area contributed by atoms with Crippen molar-refractivity contribution in [1.82, 2.24) is 5.32 Å². The average molecular weight is 301 g/mol. The van der Waals surface area contributed by atoms with Crippen LogP contribution in [0.3, 0.4) is 0 Å². The van der Waals surface area contributed by atoms with Gasteiger partial charge in [-0.3, -0.25) is 4.79 Å². The van der Waals surface area contributed by atoms with Gasteiger partial charge in [-0.25, -0.2) is 4.79 Å². The van der Waals surface area contributed by atoms with Crippen LogP contribution in [0.4, 0.5) is 0 Å². The standard InChI is InChI=1S/C14H23NO4S/c1-10(16)15-12(13(17)18)4-8-20-11-3-7-19-14(9-11)5-2-6-14/h11-12H,2-9H2,1H3,(H,15,16)(H,17,18). The average Bonchev–Trinajstić information content (AvgIpc) is 2.35. The Kier molecular flexibility index (Phi) is 5.32. The smallest absolute Gasteiger partial charge is 0.326 e. The maximum Gasteiger partial charge on any atom is 0.326 e. The third-order valence-electron chi connectivity index (χ3n) is 4.15. The van der Waals surface area contributed by atoms with Gasteiger partial charge in [-0.2, -0.15) is 11.8 Å². The van der Waals surface area contributed by atoms with Gasteiger partial charge in [0.05, 0.1) is 5.60 Å². The first-order valence-corrected chi connectivity index (χ1v) is 8.31. The normalized spacial score (nSPS) is 25.8. The Morgan fingerprint density at radius 2 is 2.25 bits per heavy atom. The van der Waals surface area contributed by atoms with Gasteiger partial charge >= 0.3 is 5.97 Å². The topological polar surface area (TPSA) is 75.6 Å². The molecule has 2 rings (SSSR count). The molecule has 0 radical (unpaired) electrons. The molecule has 2 atom stereocenters. The number of rotatable bonds is 6. The van der Waals surface area contributed by atoms with E-state index in [-0.39, 0.29) is 11.5 Å². The van der Waals surface area contributed by atoms with Crippen molar-refractivity contribution in [2.45, 2.75) is 62.3 Å². The van der Waals surface area contributed by atoms with Crippen molar-refractivity contribution in [2.75, 3.05) is 12.4 Å². The summed E-state index contributed by atoms with van der Waals surface area (Å²) in [4.78, 5) is 22.0. The van der Waals surface area contributed by atoms with Crippen molar-refractivity contribution < 1.29 is 19.4 Å². The fourth-order valence-electron chi connectivity index (χ4n) is 2.90. The highest BCUT2D eigenvalue weighted by atomic mass is 32.2. The van der Waals surface area contributed by atoms with Crippen molar-refractivity contribution in [1.29, 1.82) is 0 Å². The Hall–Kier alpha value is -0.750. The van der Waals surface area contributed by atoms with Crippen LogP contribution in [0.15, 0.2) is 0 Å². The lowest BCUT2D eigenvalue weighted by Crippen LogP contribution is -2.46. The largest absolute Gasteiger partial charge is 0.480 e.